The molecule has 0 radical (unpaired) electrons. The van der Waals surface area contributed by atoms with Crippen molar-refractivity contribution < 1.29 is 5.11 Å². The van der Waals surface area contributed by atoms with Gasteiger partial charge in [-0.25, -0.2) is 4.98 Å². The molecule has 1 aliphatic rings. The van der Waals surface area contributed by atoms with E-state index < -0.39 is 0 Å². The highest BCUT2D eigenvalue weighted by Crippen LogP contribution is 2.27. The minimum absolute atomic E-state index is 0.272. The molecule has 100 valence electrons. The number of anilines is 1. The van der Waals surface area contributed by atoms with Gasteiger partial charge in [-0.2, -0.15) is 0 Å². The molecule has 3 rings (SSSR count). The van der Waals surface area contributed by atoms with Crippen molar-refractivity contribution in [2.45, 2.75) is 31.7 Å². The van der Waals surface area contributed by atoms with E-state index in [0.29, 0.717) is 6.04 Å². The van der Waals surface area contributed by atoms with Crippen molar-refractivity contribution in [1.29, 1.82) is 0 Å². The summed E-state index contributed by atoms with van der Waals surface area (Å²) < 4.78 is 0. The monoisotopic (exact) mass is 257 g/mol. The Kier molecular flexibility index (Phi) is 3.60. The summed E-state index contributed by atoms with van der Waals surface area (Å²) in [6.45, 7) is 1.32. The highest BCUT2D eigenvalue weighted by molar-refractivity contribution is 5.75. The Bertz CT molecular complexity index is 558. The van der Waals surface area contributed by atoms with Crippen LogP contribution in [0.15, 0.2) is 30.5 Å². The van der Waals surface area contributed by atoms with Gasteiger partial charge in [-0.05, 0) is 37.8 Å². The molecule has 1 unspecified atom stereocenters. The lowest BCUT2D eigenvalue weighted by Crippen LogP contribution is -2.30. The van der Waals surface area contributed by atoms with Crippen LogP contribution >= 0.6 is 0 Å². The standard InChI is InChI=1S/C15H19N3O/c19-10-4-6-12-5-3-9-18(12)15-11-16-13-7-1-2-8-14(13)17-15/h1-2,7-8,11-12,19H,3-6,9-10H2. The van der Waals surface area contributed by atoms with Gasteiger partial charge in [-0.15, -0.1) is 0 Å². The number of benzene rings is 1. The van der Waals surface area contributed by atoms with Crippen LogP contribution in [0, 0.1) is 0 Å². The van der Waals surface area contributed by atoms with Crippen LogP contribution in [0.4, 0.5) is 5.82 Å². The second-order valence-electron chi connectivity index (χ2n) is 5.07. The summed E-state index contributed by atoms with van der Waals surface area (Å²) in [5.41, 5.74) is 1.89. The average molecular weight is 257 g/mol. The number of hydrogen-bond acceptors (Lipinski definition) is 4. The molecule has 1 fully saturated rings. The summed E-state index contributed by atoms with van der Waals surface area (Å²) in [6.07, 6.45) is 6.16. The molecule has 1 atom stereocenters. The third kappa shape index (κ3) is 2.54. The minimum Gasteiger partial charge on any atom is -0.396 e. The Hall–Kier alpha value is -1.68. The summed E-state index contributed by atoms with van der Waals surface area (Å²) in [4.78, 5) is 11.5. The number of para-hydroxylation sites is 2. The molecule has 0 saturated carbocycles. The van der Waals surface area contributed by atoms with Crippen LogP contribution in [0.2, 0.25) is 0 Å². The number of rotatable bonds is 4. The van der Waals surface area contributed by atoms with Crippen LogP contribution in [-0.4, -0.2) is 34.3 Å². The van der Waals surface area contributed by atoms with E-state index in [9.17, 15) is 0 Å². The van der Waals surface area contributed by atoms with Crippen LogP contribution < -0.4 is 4.90 Å². The number of aliphatic hydroxyl groups is 1. The van der Waals surface area contributed by atoms with E-state index in [4.69, 9.17) is 10.1 Å². The average Bonchev–Trinajstić information content (AvgIpc) is 2.93. The van der Waals surface area contributed by atoms with Crippen molar-refractivity contribution in [2.24, 2.45) is 0 Å². The molecule has 1 aromatic carbocycles. The summed E-state index contributed by atoms with van der Waals surface area (Å²) >= 11 is 0. The Morgan fingerprint density at radius 3 is 2.95 bits per heavy atom. The van der Waals surface area contributed by atoms with Gasteiger partial charge in [0, 0.05) is 19.2 Å². The highest BCUT2D eigenvalue weighted by atomic mass is 16.2. The molecule has 0 spiro atoms. The topological polar surface area (TPSA) is 49.2 Å². The first kappa shape index (κ1) is 12.4. The van der Waals surface area contributed by atoms with Crippen LogP contribution in [0.3, 0.4) is 0 Å². The maximum absolute atomic E-state index is 8.98. The molecule has 0 aliphatic carbocycles. The van der Waals surface area contributed by atoms with Gasteiger partial charge in [0.1, 0.15) is 5.82 Å². The molecule has 1 aliphatic heterocycles. The molecule has 4 heteroatoms. The maximum atomic E-state index is 8.98. The van der Waals surface area contributed by atoms with Gasteiger partial charge in [-0.1, -0.05) is 12.1 Å². The number of fused-ring (bicyclic) bond motifs is 1. The predicted octanol–water partition coefficient (Wildman–Crippen LogP) is 2.37. The van der Waals surface area contributed by atoms with Crippen LogP contribution in [0.1, 0.15) is 25.7 Å². The molecule has 2 aromatic rings. The molecule has 0 amide bonds. The van der Waals surface area contributed by atoms with Crippen LogP contribution in [-0.2, 0) is 0 Å². The van der Waals surface area contributed by atoms with Crippen molar-refractivity contribution in [3.05, 3.63) is 30.5 Å². The number of aliphatic hydroxyl groups excluding tert-OH is 1. The van der Waals surface area contributed by atoms with E-state index in [1.54, 1.807) is 0 Å². The van der Waals surface area contributed by atoms with Crippen LogP contribution in [0.5, 0.6) is 0 Å². The Morgan fingerprint density at radius 1 is 1.26 bits per heavy atom. The van der Waals surface area contributed by atoms with Gasteiger partial charge < -0.3 is 10.0 Å². The zero-order chi connectivity index (χ0) is 13.1. The lowest BCUT2D eigenvalue weighted by atomic mass is 10.1. The smallest absolute Gasteiger partial charge is 0.148 e. The van der Waals surface area contributed by atoms with Gasteiger partial charge >= 0.3 is 0 Å². The fourth-order valence-electron chi connectivity index (χ4n) is 2.85. The first-order valence-electron chi connectivity index (χ1n) is 6.98. The van der Waals surface area contributed by atoms with E-state index in [1.807, 2.05) is 30.5 Å². The Morgan fingerprint density at radius 2 is 2.11 bits per heavy atom. The lowest BCUT2D eigenvalue weighted by molar-refractivity contribution is 0.279. The highest BCUT2D eigenvalue weighted by Gasteiger charge is 2.25. The fourth-order valence-corrected chi connectivity index (χ4v) is 2.85. The number of nitrogens with zero attached hydrogens (tertiary/aromatic N) is 3. The minimum atomic E-state index is 0.272. The van der Waals surface area contributed by atoms with Crippen molar-refractivity contribution in [3.8, 4) is 0 Å². The zero-order valence-electron chi connectivity index (χ0n) is 11.0. The third-order valence-corrected chi connectivity index (χ3v) is 3.80. The van der Waals surface area contributed by atoms with E-state index >= 15 is 0 Å². The van der Waals surface area contributed by atoms with E-state index in [2.05, 4.69) is 9.88 Å². The summed E-state index contributed by atoms with van der Waals surface area (Å²) in [5, 5.41) is 8.98. The normalized spacial score (nSPS) is 19.2. The molecule has 4 nitrogen and oxygen atoms in total. The second-order valence-corrected chi connectivity index (χ2v) is 5.07. The van der Waals surface area contributed by atoms with Gasteiger partial charge in [-0.3, -0.25) is 4.98 Å². The molecule has 1 saturated heterocycles. The first-order valence-corrected chi connectivity index (χ1v) is 6.98. The van der Waals surface area contributed by atoms with Gasteiger partial charge in [0.05, 0.1) is 17.2 Å². The molecule has 0 bridgehead atoms. The SMILES string of the molecule is OCCCC1CCCN1c1cnc2ccccc2n1. The number of aromatic nitrogens is 2. The zero-order valence-corrected chi connectivity index (χ0v) is 11.0. The molecule has 1 aromatic heterocycles. The van der Waals surface area contributed by atoms with E-state index in [-0.39, 0.29) is 6.61 Å². The molecular weight excluding hydrogens is 238 g/mol. The maximum Gasteiger partial charge on any atom is 0.148 e. The fraction of sp³-hybridized carbons (Fsp3) is 0.467. The molecular formula is C15H19N3O. The summed E-state index contributed by atoms with van der Waals surface area (Å²) in [7, 11) is 0. The van der Waals surface area contributed by atoms with Gasteiger partial charge in [0.2, 0.25) is 0 Å². The van der Waals surface area contributed by atoms with Gasteiger partial charge in [0.25, 0.3) is 0 Å². The summed E-state index contributed by atoms with van der Waals surface area (Å²) in [6, 6.07) is 8.47. The Labute approximate surface area is 113 Å². The van der Waals surface area contributed by atoms with E-state index in [1.165, 1.54) is 12.8 Å². The molecule has 19 heavy (non-hydrogen) atoms. The number of hydrogen-bond donors (Lipinski definition) is 1. The first-order chi connectivity index (χ1) is 9.38. The van der Waals surface area contributed by atoms with Gasteiger partial charge in [0.15, 0.2) is 0 Å². The van der Waals surface area contributed by atoms with Crippen LogP contribution in [0.25, 0.3) is 11.0 Å². The lowest BCUT2D eigenvalue weighted by Gasteiger charge is -2.25. The second kappa shape index (κ2) is 5.53. The quantitative estimate of drug-likeness (QED) is 0.913. The largest absolute Gasteiger partial charge is 0.396 e. The van der Waals surface area contributed by atoms with Crippen molar-refractivity contribution in [1.82, 2.24) is 9.97 Å². The van der Waals surface area contributed by atoms with Crippen molar-refractivity contribution in [3.63, 3.8) is 0 Å². The molecule has 2 heterocycles. The molecule has 1 N–H and O–H groups in total. The van der Waals surface area contributed by atoms with Crippen molar-refractivity contribution in [2.75, 3.05) is 18.1 Å². The van der Waals surface area contributed by atoms with Crippen molar-refractivity contribution >= 4 is 16.9 Å². The third-order valence-electron chi connectivity index (χ3n) is 3.80. The van der Waals surface area contributed by atoms with E-state index in [0.717, 1.165) is 36.2 Å². The predicted molar refractivity (Wildman–Crippen MR) is 76.2 cm³/mol. The summed E-state index contributed by atoms with van der Waals surface area (Å²) in [5.74, 6) is 0.971. The Balaban J connectivity index is 1.86.